The molecule has 0 saturated carbocycles. The highest BCUT2D eigenvalue weighted by Gasteiger charge is 2.09. The first-order chi connectivity index (χ1) is 12.9. The van der Waals surface area contributed by atoms with Crippen LogP contribution in [-0.2, 0) is 9.59 Å². The van der Waals surface area contributed by atoms with Crippen molar-refractivity contribution >= 4 is 41.0 Å². The van der Waals surface area contributed by atoms with Crippen molar-refractivity contribution in [3.8, 4) is 11.8 Å². The fraction of sp³-hybridized carbons (Fsp3) is 0.188. The van der Waals surface area contributed by atoms with Gasteiger partial charge in [-0.3, -0.25) is 20.4 Å². The van der Waals surface area contributed by atoms with Gasteiger partial charge >= 0.3 is 0 Å². The summed E-state index contributed by atoms with van der Waals surface area (Å²) >= 11 is 6.92. The number of hydrogen-bond acceptors (Lipinski definition) is 8. The average molecular weight is 407 g/mol. The molecule has 1 aromatic carbocycles. The van der Waals surface area contributed by atoms with E-state index < -0.39 is 11.8 Å². The molecule has 0 bridgehead atoms. The summed E-state index contributed by atoms with van der Waals surface area (Å²) in [6, 6.07) is 6.86. The predicted octanol–water partition coefficient (Wildman–Crippen LogP) is 1.21. The lowest BCUT2D eigenvalue weighted by Crippen LogP contribution is -2.44. The first-order valence-electron chi connectivity index (χ1n) is 7.51. The van der Waals surface area contributed by atoms with Crippen molar-refractivity contribution in [3.05, 3.63) is 40.5 Å². The van der Waals surface area contributed by atoms with E-state index in [4.69, 9.17) is 27.3 Å². The number of carbonyl (C=O) groups excluding carboxylic acids is 2. The molecule has 4 N–H and O–H groups in total. The minimum Gasteiger partial charge on any atom is -0.484 e. The van der Waals surface area contributed by atoms with Gasteiger partial charge in [-0.05, 0) is 30.7 Å². The number of nitrogen functional groups attached to an aromatic ring is 1. The summed E-state index contributed by atoms with van der Waals surface area (Å²) in [5.41, 5.74) is 11.0. The molecule has 0 aliphatic rings. The quantitative estimate of drug-likeness (QED) is 0.369. The number of ether oxygens (including phenoxy) is 1. The normalized spacial score (nSPS) is 9.96. The molecule has 0 spiro atoms. The van der Waals surface area contributed by atoms with Gasteiger partial charge in [0, 0.05) is 5.02 Å². The molecule has 1 aromatic heterocycles. The molecule has 27 heavy (non-hydrogen) atoms. The van der Waals surface area contributed by atoms with Crippen LogP contribution in [0.3, 0.4) is 0 Å². The molecule has 0 fully saturated rings. The van der Waals surface area contributed by atoms with E-state index in [1.54, 1.807) is 18.2 Å². The molecular formula is C16H15ClN6O3S. The monoisotopic (exact) mass is 406 g/mol. The number of carbonyl (C=O) groups is 2. The molecule has 0 radical (unpaired) electrons. The van der Waals surface area contributed by atoms with Crippen LogP contribution in [-0.4, -0.2) is 34.1 Å². The van der Waals surface area contributed by atoms with Gasteiger partial charge < -0.3 is 10.5 Å². The molecule has 0 saturated heterocycles. The van der Waals surface area contributed by atoms with Gasteiger partial charge in [-0.2, -0.15) is 5.26 Å². The van der Waals surface area contributed by atoms with Gasteiger partial charge in [-0.15, -0.1) is 0 Å². The number of nitrogens with two attached hydrogens (primary N) is 1. The Morgan fingerprint density at radius 1 is 1.37 bits per heavy atom. The Balaban J connectivity index is 1.71. The lowest BCUT2D eigenvalue weighted by molar-refractivity contribution is -0.128. The molecule has 2 amide bonds. The minimum atomic E-state index is -0.528. The molecule has 0 aliphatic carbocycles. The maximum atomic E-state index is 11.7. The van der Waals surface area contributed by atoms with E-state index in [-0.39, 0.29) is 28.9 Å². The van der Waals surface area contributed by atoms with Gasteiger partial charge in [0.25, 0.3) is 5.91 Å². The first kappa shape index (κ1) is 20.3. The van der Waals surface area contributed by atoms with Crippen molar-refractivity contribution < 1.29 is 14.3 Å². The van der Waals surface area contributed by atoms with Crippen LogP contribution in [0, 0.1) is 18.3 Å². The number of nitriles is 1. The molecule has 9 nitrogen and oxygen atoms in total. The van der Waals surface area contributed by atoms with E-state index >= 15 is 0 Å². The SMILES string of the molecule is Cc1cc(OCC(=O)NNC(=O)CSc2ncc(C#N)c(N)n2)ccc1Cl. The number of thioether (sulfide) groups is 1. The Kier molecular flexibility index (Phi) is 7.22. The smallest absolute Gasteiger partial charge is 0.276 e. The zero-order valence-electron chi connectivity index (χ0n) is 14.2. The molecule has 0 atom stereocenters. The highest BCUT2D eigenvalue weighted by atomic mass is 35.5. The van der Waals surface area contributed by atoms with Crippen LogP contribution in [0.4, 0.5) is 5.82 Å². The van der Waals surface area contributed by atoms with E-state index in [2.05, 4.69) is 20.8 Å². The van der Waals surface area contributed by atoms with Crippen molar-refractivity contribution in [2.24, 2.45) is 0 Å². The Morgan fingerprint density at radius 2 is 2.11 bits per heavy atom. The fourth-order valence-corrected chi connectivity index (χ4v) is 2.47. The lowest BCUT2D eigenvalue weighted by atomic mass is 10.2. The Labute approximate surface area is 164 Å². The number of rotatable bonds is 6. The summed E-state index contributed by atoms with van der Waals surface area (Å²) in [5.74, 6) is -0.520. The van der Waals surface area contributed by atoms with Crippen molar-refractivity contribution in [1.82, 2.24) is 20.8 Å². The molecular weight excluding hydrogens is 392 g/mol. The summed E-state index contributed by atoms with van der Waals surface area (Å²) in [7, 11) is 0. The van der Waals surface area contributed by atoms with Crippen LogP contribution in [0.25, 0.3) is 0 Å². The lowest BCUT2D eigenvalue weighted by Gasteiger charge is -2.09. The number of aryl methyl sites for hydroxylation is 1. The molecule has 0 aliphatic heterocycles. The fourth-order valence-electron chi connectivity index (χ4n) is 1.73. The standard InChI is InChI=1S/C16H15ClN6O3S/c1-9-4-11(2-3-12(9)17)26-7-13(24)22-23-14(25)8-27-16-20-6-10(5-18)15(19)21-16/h2-4,6H,7-8H2,1H3,(H,22,24)(H,23,25)(H2,19,20,21). The topological polar surface area (TPSA) is 143 Å². The van der Waals surface area contributed by atoms with Gasteiger partial charge in [0.05, 0.1) is 11.9 Å². The van der Waals surface area contributed by atoms with Gasteiger partial charge in [0.1, 0.15) is 23.2 Å². The van der Waals surface area contributed by atoms with Gasteiger partial charge in [0.15, 0.2) is 11.8 Å². The van der Waals surface area contributed by atoms with Gasteiger partial charge in [0.2, 0.25) is 5.91 Å². The number of halogens is 1. The van der Waals surface area contributed by atoms with Gasteiger partial charge in [-0.25, -0.2) is 9.97 Å². The van der Waals surface area contributed by atoms with Crippen molar-refractivity contribution in [2.75, 3.05) is 18.1 Å². The number of anilines is 1. The second-order valence-electron chi connectivity index (χ2n) is 5.15. The molecule has 0 unspecified atom stereocenters. The first-order valence-corrected chi connectivity index (χ1v) is 8.87. The van der Waals surface area contributed by atoms with Crippen molar-refractivity contribution in [2.45, 2.75) is 12.1 Å². The van der Waals surface area contributed by atoms with E-state index in [1.807, 2.05) is 13.0 Å². The molecule has 140 valence electrons. The number of nitrogens with one attached hydrogen (secondary N) is 2. The number of aromatic nitrogens is 2. The summed E-state index contributed by atoms with van der Waals surface area (Å²) in [6.45, 7) is 1.54. The summed E-state index contributed by atoms with van der Waals surface area (Å²) < 4.78 is 5.31. The molecule has 1 heterocycles. The van der Waals surface area contributed by atoms with Crippen LogP contribution in [0.15, 0.2) is 29.6 Å². The summed E-state index contributed by atoms with van der Waals surface area (Å²) in [5, 5.41) is 9.60. The largest absolute Gasteiger partial charge is 0.484 e. The highest BCUT2D eigenvalue weighted by molar-refractivity contribution is 7.99. The zero-order chi connectivity index (χ0) is 19.8. The second-order valence-corrected chi connectivity index (χ2v) is 6.50. The Morgan fingerprint density at radius 3 is 2.78 bits per heavy atom. The molecule has 2 aromatic rings. The third-order valence-corrected chi connectivity index (χ3v) is 4.38. The van der Waals surface area contributed by atoms with Crippen LogP contribution >= 0.6 is 23.4 Å². The third-order valence-electron chi connectivity index (χ3n) is 3.09. The van der Waals surface area contributed by atoms with E-state index in [1.165, 1.54) is 6.20 Å². The van der Waals surface area contributed by atoms with Crippen LogP contribution in [0.5, 0.6) is 5.75 Å². The number of nitrogens with zero attached hydrogens (tertiary/aromatic N) is 3. The highest BCUT2D eigenvalue weighted by Crippen LogP contribution is 2.20. The number of hydrazine groups is 1. The predicted molar refractivity (Wildman–Crippen MR) is 99.9 cm³/mol. The summed E-state index contributed by atoms with van der Waals surface area (Å²) in [6.07, 6.45) is 1.28. The summed E-state index contributed by atoms with van der Waals surface area (Å²) in [4.78, 5) is 31.3. The number of hydrogen-bond donors (Lipinski definition) is 3. The van der Waals surface area contributed by atoms with Gasteiger partial charge in [-0.1, -0.05) is 23.4 Å². The van der Waals surface area contributed by atoms with Crippen LogP contribution in [0.1, 0.15) is 11.1 Å². The van der Waals surface area contributed by atoms with Crippen LogP contribution in [0.2, 0.25) is 5.02 Å². The Bertz CT molecular complexity index is 902. The number of amides is 2. The van der Waals surface area contributed by atoms with E-state index in [0.717, 1.165) is 17.3 Å². The zero-order valence-corrected chi connectivity index (χ0v) is 15.7. The molecule has 11 heteroatoms. The molecule has 2 rings (SSSR count). The van der Waals surface area contributed by atoms with Crippen LogP contribution < -0.4 is 21.3 Å². The second kappa shape index (κ2) is 9.61. The van der Waals surface area contributed by atoms with Crippen molar-refractivity contribution in [1.29, 1.82) is 5.26 Å². The maximum absolute atomic E-state index is 11.7. The minimum absolute atomic E-state index is 0.0401. The Hall–Kier alpha value is -3.03. The average Bonchev–Trinajstić information content (AvgIpc) is 2.65. The van der Waals surface area contributed by atoms with E-state index in [0.29, 0.717) is 10.8 Å². The number of benzene rings is 1. The van der Waals surface area contributed by atoms with E-state index in [9.17, 15) is 9.59 Å². The maximum Gasteiger partial charge on any atom is 0.276 e. The van der Waals surface area contributed by atoms with Crippen molar-refractivity contribution in [3.63, 3.8) is 0 Å². The third kappa shape index (κ3) is 6.32.